The van der Waals surface area contributed by atoms with Crippen LogP contribution in [0.25, 0.3) is 0 Å². The van der Waals surface area contributed by atoms with E-state index in [0.717, 1.165) is 23.7 Å². The van der Waals surface area contributed by atoms with Crippen molar-refractivity contribution in [1.29, 1.82) is 0 Å². The van der Waals surface area contributed by atoms with Gasteiger partial charge in [0.05, 0.1) is 6.61 Å². The highest BCUT2D eigenvalue weighted by molar-refractivity contribution is 5.68. The summed E-state index contributed by atoms with van der Waals surface area (Å²) in [5, 5.41) is 3.00. The Hall–Kier alpha value is -0.730. The van der Waals surface area contributed by atoms with Gasteiger partial charge in [0.2, 0.25) is 0 Å². The first-order valence-corrected chi connectivity index (χ1v) is 5.24. The molecule has 3 nitrogen and oxygen atoms in total. The van der Waals surface area contributed by atoms with Crippen molar-refractivity contribution in [3.05, 3.63) is 0 Å². The summed E-state index contributed by atoms with van der Waals surface area (Å²) in [7, 11) is 0. The molecule has 0 heterocycles. The summed E-state index contributed by atoms with van der Waals surface area (Å²) >= 11 is 0. The smallest absolute Gasteiger partial charge is 0.407 e. The van der Waals surface area contributed by atoms with E-state index < -0.39 is 0 Å². The van der Waals surface area contributed by atoms with Gasteiger partial charge in [0.1, 0.15) is 0 Å². The molecule has 4 saturated carbocycles. The van der Waals surface area contributed by atoms with Gasteiger partial charge in [-0.2, -0.15) is 0 Å². The van der Waals surface area contributed by atoms with Crippen LogP contribution in [-0.2, 0) is 4.74 Å². The van der Waals surface area contributed by atoms with Crippen molar-refractivity contribution >= 4 is 6.09 Å². The van der Waals surface area contributed by atoms with Crippen LogP contribution in [0.1, 0.15) is 19.8 Å². The molecule has 1 N–H and O–H groups in total. The molecular weight excluding hydrogens is 166 g/mol. The summed E-state index contributed by atoms with van der Waals surface area (Å²) in [5.74, 6) is 3.49. The highest BCUT2D eigenvalue weighted by Gasteiger charge is 2.68. The molecule has 0 spiro atoms. The second-order valence-electron chi connectivity index (χ2n) is 4.53. The first-order chi connectivity index (χ1) is 6.31. The van der Waals surface area contributed by atoms with E-state index in [4.69, 9.17) is 4.74 Å². The molecule has 4 rings (SSSR count). The van der Waals surface area contributed by atoms with Gasteiger partial charge in [0.25, 0.3) is 0 Å². The predicted molar refractivity (Wildman–Crippen MR) is 47.1 cm³/mol. The summed E-state index contributed by atoms with van der Waals surface area (Å²) in [6.45, 7) is 2.31. The maximum Gasteiger partial charge on any atom is 0.407 e. The van der Waals surface area contributed by atoms with Crippen LogP contribution in [0.15, 0.2) is 0 Å². The number of ether oxygens (including phenoxy) is 1. The van der Waals surface area contributed by atoms with Gasteiger partial charge in [-0.3, -0.25) is 0 Å². The predicted octanol–water partition coefficient (Wildman–Crippen LogP) is 1.39. The molecule has 3 atom stereocenters. The van der Waals surface area contributed by atoms with Crippen LogP contribution in [0, 0.1) is 23.7 Å². The minimum atomic E-state index is -0.217. The number of rotatable bonds is 2. The normalized spacial score (nSPS) is 49.2. The zero-order chi connectivity index (χ0) is 9.00. The van der Waals surface area contributed by atoms with Gasteiger partial charge in [0, 0.05) is 6.04 Å². The van der Waals surface area contributed by atoms with Gasteiger partial charge >= 0.3 is 6.09 Å². The van der Waals surface area contributed by atoms with E-state index in [9.17, 15) is 4.79 Å². The molecule has 4 aliphatic carbocycles. The highest BCUT2D eigenvalue weighted by atomic mass is 16.5. The Morgan fingerprint density at radius 2 is 2.15 bits per heavy atom. The van der Waals surface area contributed by atoms with Crippen LogP contribution in [0.5, 0.6) is 0 Å². The molecule has 3 heteroatoms. The van der Waals surface area contributed by atoms with Crippen molar-refractivity contribution in [3.8, 4) is 0 Å². The van der Waals surface area contributed by atoms with Crippen LogP contribution in [-0.4, -0.2) is 18.7 Å². The lowest BCUT2D eigenvalue weighted by molar-refractivity contribution is 0.145. The molecule has 0 aromatic rings. The summed E-state index contributed by atoms with van der Waals surface area (Å²) in [5.41, 5.74) is 0. The third kappa shape index (κ3) is 0.930. The Labute approximate surface area is 77.8 Å². The maximum absolute atomic E-state index is 11.2. The van der Waals surface area contributed by atoms with Crippen molar-refractivity contribution in [2.75, 3.05) is 6.61 Å². The first kappa shape index (κ1) is 7.65. The molecule has 1 amide bonds. The van der Waals surface area contributed by atoms with Crippen molar-refractivity contribution < 1.29 is 9.53 Å². The van der Waals surface area contributed by atoms with Crippen molar-refractivity contribution in [2.24, 2.45) is 23.7 Å². The van der Waals surface area contributed by atoms with E-state index in [1.165, 1.54) is 12.8 Å². The second kappa shape index (κ2) is 2.40. The monoisotopic (exact) mass is 181 g/mol. The van der Waals surface area contributed by atoms with Crippen LogP contribution in [0.3, 0.4) is 0 Å². The fraction of sp³-hybridized carbons (Fsp3) is 0.900. The average Bonchev–Trinajstić information content (AvgIpc) is 2.52. The Kier molecular flexibility index (Phi) is 1.41. The minimum absolute atomic E-state index is 0.217. The third-order valence-corrected chi connectivity index (χ3v) is 4.03. The van der Waals surface area contributed by atoms with Crippen LogP contribution in [0.4, 0.5) is 4.79 Å². The molecular formula is C10H15NO2. The summed E-state index contributed by atoms with van der Waals surface area (Å²) in [6.07, 6.45) is 2.49. The molecule has 4 aliphatic rings. The first-order valence-electron chi connectivity index (χ1n) is 5.24. The number of carbonyl (C=O) groups excluding carboxylic acids is 1. The highest BCUT2D eigenvalue weighted by Crippen LogP contribution is 2.70. The van der Waals surface area contributed by atoms with Gasteiger partial charge < -0.3 is 10.1 Å². The summed E-state index contributed by atoms with van der Waals surface area (Å²) in [4.78, 5) is 11.2. The zero-order valence-electron chi connectivity index (χ0n) is 7.82. The third-order valence-electron chi connectivity index (χ3n) is 4.03. The van der Waals surface area contributed by atoms with Crippen LogP contribution in [0.2, 0.25) is 0 Å². The van der Waals surface area contributed by atoms with E-state index in [1.54, 1.807) is 0 Å². The zero-order valence-corrected chi connectivity index (χ0v) is 7.82. The SMILES string of the molecule is CCOC(=O)NC1C2CC3C(C2)C31. The van der Waals surface area contributed by atoms with Crippen molar-refractivity contribution in [3.63, 3.8) is 0 Å². The largest absolute Gasteiger partial charge is 0.450 e. The lowest BCUT2D eigenvalue weighted by Gasteiger charge is -2.15. The quantitative estimate of drug-likeness (QED) is 0.699. The summed E-state index contributed by atoms with van der Waals surface area (Å²) < 4.78 is 4.89. The van der Waals surface area contributed by atoms with Gasteiger partial charge in [-0.1, -0.05) is 0 Å². The lowest BCUT2D eigenvalue weighted by Crippen LogP contribution is -2.37. The number of carbonyl (C=O) groups is 1. The van der Waals surface area contributed by atoms with E-state index >= 15 is 0 Å². The minimum Gasteiger partial charge on any atom is -0.450 e. The fourth-order valence-electron chi connectivity index (χ4n) is 3.60. The van der Waals surface area contributed by atoms with E-state index in [-0.39, 0.29) is 6.09 Å². The molecule has 0 saturated heterocycles. The molecule has 0 aromatic carbocycles. The van der Waals surface area contributed by atoms with Crippen LogP contribution >= 0.6 is 0 Å². The maximum atomic E-state index is 11.2. The topological polar surface area (TPSA) is 38.3 Å². The summed E-state index contributed by atoms with van der Waals surface area (Å²) in [6, 6.07) is 0.453. The number of nitrogens with one attached hydrogen (secondary N) is 1. The molecule has 0 radical (unpaired) electrons. The average molecular weight is 181 g/mol. The number of hydrogen-bond acceptors (Lipinski definition) is 2. The Morgan fingerprint density at radius 1 is 1.46 bits per heavy atom. The van der Waals surface area contributed by atoms with E-state index in [1.807, 2.05) is 6.92 Å². The molecule has 72 valence electrons. The molecule has 4 fully saturated rings. The molecule has 4 bridgehead atoms. The van der Waals surface area contributed by atoms with Crippen molar-refractivity contribution in [1.82, 2.24) is 5.32 Å². The number of hydrogen-bond donors (Lipinski definition) is 1. The van der Waals surface area contributed by atoms with Crippen molar-refractivity contribution in [2.45, 2.75) is 25.8 Å². The van der Waals surface area contributed by atoms with Crippen LogP contribution < -0.4 is 5.32 Å². The Morgan fingerprint density at radius 3 is 2.62 bits per heavy atom. The molecule has 3 unspecified atom stereocenters. The molecule has 13 heavy (non-hydrogen) atoms. The van der Waals surface area contributed by atoms with E-state index in [2.05, 4.69) is 5.32 Å². The van der Waals surface area contributed by atoms with Gasteiger partial charge in [0.15, 0.2) is 0 Å². The van der Waals surface area contributed by atoms with E-state index in [0.29, 0.717) is 12.6 Å². The standard InChI is InChI=1S/C10H15NO2/c1-2-13-10(12)11-9-5-3-6-7(4-5)8(6)9/h5-9H,2-4H2,1H3,(H,11,12). The lowest BCUT2D eigenvalue weighted by atomic mass is 10.1. The number of alkyl carbamates (subject to hydrolysis) is 1. The van der Waals surface area contributed by atoms with Gasteiger partial charge in [-0.25, -0.2) is 4.79 Å². The fourth-order valence-corrected chi connectivity index (χ4v) is 3.60. The van der Waals surface area contributed by atoms with Gasteiger partial charge in [-0.15, -0.1) is 0 Å². The molecule has 0 aromatic heterocycles. The Balaban J connectivity index is 1.60. The second-order valence-corrected chi connectivity index (χ2v) is 4.53. The molecule has 0 aliphatic heterocycles. The Bertz CT molecular complexity index is 239. The number of amides is 1. The van der Waals surface area contributed by atoms with Gasteiger partial charge in [-0.05, 0) is 43.4 Å².